The predicted molar refractivity (Wildman–Crippen MR) is 153 cm³/mol. The van der Waals surface area contributed by atoms with Crippen LogP contribution in [0, 0.1) is 0 Å². The molecule has 2 aliphatic heterocycles. The molecule has 2 aromatic carbocycles. The Balaban J connectivity index is 1.23. The minimum atomic E-state index is -2.92. The summed E-state index contributed by atoms with van der Waals surface area (Å²) in [7, 11) is -0.958. The van der Waals surface area contributed by atoms with Crippen molar-refractivity contribution in [3.05, 3.63) is 95.7 Å². The van der Waals surface area contributed by atoms with Gasteiger partial charge in [-0.1, -0.05) is 30.3 Å². The molecular formula is C28H36N6O3S. The Morgan fingerprint density at radius 1 is 1.05 bits per heavy atom. The second-order valence-corrected chi connectivity index (χ2v) is 11.7. The van der Waals surface area contributed by atoms with E-state index in [1.54, 1.807) is 6.34 Å². The van der Waals surface area contributed by atoms with Crippen molar-refractivity contribution in [1.82, 2.24) is 20.7 Å². The number of hydrogen-bond acceptors (Lipinski definition) is 9. The molecule has 9 nitrogen and oxygen atoms in total. The van der Waals surface area contributed by atoms with Gasteiger partial charge < -0.3 is 20.3 Å². The molecule has 0 saturated carbocycles. The zero-order valence-electron chi connectivity index (χ0n) is 21.9. The van der Waals surface area contributed by atoms with Crippen LogP contribution >= 0.6 is 0 Å². The minimum Gasteiger partial charge on any atom is -0.489 e. The van der Waals surface area contributed by atoms with Crippen molar-refractivity contribution in [2.75, 3.05) is 44.0 Å². The topological polar surface area (TPSA) is 98.3 Å². The van der Waals surface area contributed by atoms with Crippen LogP contribution < -0.4 is 20.8 Å². The fourth-order valence-electron chi connectivity index (χ4n) is 3.91. The molecule has 38 heavy (non-hydrogen) atoms. The van der Waals surface area contributed by atoms with E-state index in [0.29, 0.717) is 13.2 Å². The van der Waals surface area contributed by atoms with Crippen LogP contribution in [0.3, 0.4) is 0 Å². The van der Waals surface area contributed by atoms with Crippen LogP contribution in [0.1, 0.15) is 18.4 Å². The summed E-state index contributed by atoms with van der Waals surface area (Å²) in [5.41, 5.74) is 7.37. The fourth-order valence-corrected chi connectivity index (χ4v) is 4.56. The summed E-state index contributed by atoms with van der Waals surface area (Å²) in [5.74, 6) is 1.78. The summed E-state index contributed by atoms with van der Waals surface area (Å²) in [6, 6.07) is 18.0. The van der Waals surface area contributed by atoms with E-state index in [0.717, 1.165) is 60.0 Å². The highest BCUT2D eigenvalue weighted by atomic mass is 32.2. The summed E-state index contributed by atoms with van der Waals surface area (Å²) in [4.78, 5) is 6.56. The zero-order chi connectivity index (χ0) is 26.8. The van der Waals surface area contributed by atoms with E-state index < -0.39 is 9.84 Å². The molecular weight excluding hydrogens is 500 g/mol. The molecule has 4 rings (SSSR count). The van der Waals surface area contributed by atoms with Gasteiger partial charge in [0.1, 0.15) is 28.0 Å². The summed E-state index contributed by atoms with van der Waals surface area (Å²) >= 11 is 0. The van der Waals surface area contributed by atoms with Gasteiger partial charge in [-0.3, -0.25) is 5.01 Å². The van der Waals surface area contributed by atoms with Gasteiger partial charge in [0.25, 0.3) is 0 Å². The van der Waals surface area contributed by atoms with Gasteiger partial charge in [0, 0.05) is 43.0 Å². The first kappa shape index (κ1) is 27.4. The number of fused-ring (bicyclic) bond motifs is 1. The number of allylic oxidation sites excluding steroid dienone is 1. The van der Waals surface area contributed by atoms with Gasteiger partial charge in [-0.25, -0.2) is 18.8 Å². The number of aliphatic imine (C=N–C) groups is 1. The van der Waals surface area contributed by atoms with E-state index >= 15 is 0 Å². The van der Waals surface area contributed by atoms with E-state index in [9.17, 15) is 8.42 Å². The van der Waals surface area contributed by atoms with Gasteiger partial charge in [-0.2, -0.15) is 0 Å². The van der Waals surface area contributed by atoms with Crippen LogP contribution in [0.2, 0.25) is 0 Å². The number of hydrazine groups is 1. The van der Waals surface area contributed by atoms with Gasteiger partial charge in [0.15, 0.2) is 0 Å². The van der Waals surface area contributed by atoms with Crippen LogP contribution in [-0.4, -0.2) is 63.4 Å². The Kier molecular flexibility index (Phi) is 9.58. The van der Waals surface area contributed by atoms with Crippen molar-refractivity contribution in [1.29, 1.82) is 0 Å². The third-order valence-corrected chi connectivity index (χ3v) is 7.02. The average Bonchev–Trinajstić information content (AvgIpc) is 2.91. The molecule has 3 N–H and O–H groups in total. The number of rotatable bonds is 14. The molecule has 0 bridgehead atoms. The number of benzene rings is 2. The van der Waals surface area contributed by atoms with Crippen molar-refractivity contribution in [3.63, 3.8) is 0 Å². The molecule has 0 atom stereocenters. The number of hydrogen-bond donors (Lipinski definition) is 3. The normalized spacial score (nSPS) is 14.8. The van der Waals surface area contributed by atoms with Crippen LogP contribution in [0.5, 0.6) is 5.75 Å². The molecule has 0 aliphatic carbocycles. The van der Waals surface area contributed by atoms with Crippen LogP contribution in [0.25, 0.3) is 0 Å². The van der Waals surface area contributed by atoms with Crippen molar-refractivity contribution in [2.24, 2.45) is 4.99 Å². The van der Waals surface area contributed by atoms with E-state index in [4.69, 9.17) is 4.74 Å². The fraction of sp³-hybridized carbons (Fsp3) is 0.321. The predicted octanol–water partition coefficient (Wildman–Crippen LogP) is 3.45. The first-order valence-corrected chi connectivity index (χ1v) is 14.8. The highest BCUT2D eigenvalue weighted by molar-refractivity contribution is 7.90. The molecule has 0 unspecified atom stereocenters. The lowest BCUT2D eigenvalue weighted by Crippen LogP contribution is -2.34. The second-order valence-electron chi connectivity index (χ2n) is 9.40. The van der Waals surface area contributed by atoms with Crippen LogP contribution in [0.15, 0.2) is 95.2 Å². The number of unbranched alkanes of at least 4 members (excludes halogenated alkanes) is 1. The quantitative estimate of drug-likeness (QED) is 0.316. The van der Waals surface area contributed by atoms with Crippen molar-refractivity contribution in [3.8, 4) is 5.75 Å². The summed E-state index contributed by atoms with van der Waals surface area (Å²) in [5, 5.41) is 8.55. The minimum absolute atomic E-state index is 0.200. The number of nitrogens with one attached hydrogen (secondary N) is 3. The molecule has 0 saturated heterocycles. The zero-order valence-corrected chi connectivity index (χ0v) is 22.7. The lowest BCUT2D eigenvalue weighted by Gasteiger charge is -2.26. The SMILES string of the molecule is CN(CCCCNN1C=CC2=C(Nc3ccc(OCc4ccccc4)cc3)N=CNC2=C1)CCS(C)(=O)=O. The Labute approximate surface area is 225 Å². The monoisotopic (exact) mass is 536 g/mol. The number of ether oxygens (including phenoxy) is 1. The third kappa shape index (κ3) is 8.76. The molecule has 0 radical (unpaired) electrons. The van der Waals surface area contributed by atoms with Crippen molar-refractivity contribution in [2.45, 2.75) is 19.4 Å². The third-order valence-electron chi connectivity index (χ3n) is 6.10. The number of sulfone groups is 1. The standard InChI is InChI=1S/C28H36N6O3S/c1-33(18-19-38(2,35)36)16-7-6-15-31-34-17-14-26-27(20-34)29-22-30-28(26)32-24-10-12-25(13-11-24)37-21-23-8-4-3-5-9-23/h3-5,8-14,17,20,22,31-32H,6-7,15-16,18-19,21H2,1-2H3,(H,29,30). The lowest BCUT2D eigenvalue weighted by atomic mass is 10.1. The number of anilines is 1. The smallest absolute Gasteiger partial charge is 0.148 e. The summed E-state index contributed by atoms with van der Waals surface area (Å²) < 4.78 is 28.5. The molecule has 0 fully saturated rings. The van der Waals surface area contributed by atoms with Gasteiger partial charge in [0.2, 0.25) is 0 Å². The Bertz CT molecular complexity index is 1290. The molecule has 2 aliphatic rings. The first-order chi connectivity index (χ1) is 18.4. The van der Waals surface area contributed by atoms with E-state index in [1.165, 1.54) is 6.26 Å². The number of nitrogens with zero attached hydrogens (tertiary/aromatic N) is 3. The molecule has 2 heterocycles. The summed E-state index contributed by atoms with van der Waals surface area (Å²) in [6.07, 6.45) is 10.9. The maximum Gasteiger partial charge on any atom is 0.148 e. The highest BCUT2D eigenvalue weighted by Crippen LogP contribution is 2.25. The molecule has 0 amide bonds. The van der Waals surface area contributed by atoms with Crippen LogP contribution in [0.4, 0.5) is 5.69 Å². The van der Waals surface area contributed by atoms with Gasteiger partial charge in [-0.15, -0.1) is 0 Å². The van der Waals surface area contributed by atoms with Gasteiger partial charge in [-0.05, 0) is 62.3 Å². The first-order valence-electron chi connectivity index (χ1n) is 12.7. The van der Waals surface area contributed by atoms with E-state index in [1.807, 2.05) is 85.1 Å². The van der Waals surface area contributed by atoms with Crippen molar-refractivity contribution < 1.29 is 13.2 Å². The van der Waals surface area contributed by atoms with E-state index in [2.05, 4.69) is 26.0 Å². The van der Waals surface area contributed by atoms with Gasteiger partial charge in [0.05, 0.1) is 17.8 Å². The van der Waals surface area contributed by atoms with Crippen LogP contribution in [-0.2, 0) is 16.4 Å². The molecule has 2 aromatic rings. The average molecular weight is 537 g/mol. The molecule has 10 heteroatoms. The lowest BCUT2D eigenvalue weighted by molar-refractivity contribution is 0.306. The molecule has 202 valence electrons. The maximum atomic E-state index is 11.3. The largest absolute Gasteiger partial charge is 0.489 e. The Hall–Kier alpha value is -3.60. The Morgan fingerprint density at radius 3 is 2.61 bits per heavy atom. The highest BCUT2D eigenvalue weighted by Gasteiger charge is 2.17. The maximum absolute atomic E-state index is 11.3. The van der Waals surface area contributed by atoms with Gasteiger partial charge >= 0.3 is 0 Å². The Morgan fingerprint density at radius 2 is 1.84 bits per heavy atom. The molecule has 0 aromatic heterocycles. The van der Waals surface area contributed by atoms with Crippen molar-refractivity contribution >= 4 is 21.9 Å². The molecule has 0 spiro atoms. The summed E-state index contributed by atoms with van der Waals surface area (Å²) in [6.45, 7) is 2.78. The van der Waals surface area contributed by atoms with E-state index in [-0.39, 0.29) is 5.75 Å². The second kappa shape index (κ2) is 13.3.